The number of benzene rings is 1. The predicted molar refractivity (Wildman–Crippen MR) is 94.6 cm³/mol. The number of nitrogens with zero attached hydrogens (tertiary/aromatic N) is 3. The van der Waals surface area contributed by atoms with Crippen LogP contribution in [0.2, 0.25) is 0 Å². The van der Waals surface area contributed by atoms with Crippen molar-refractivity contribution in [2.75, 3.05) is 5.75 Å². The third-order valence-electron chi connectivity index (χ3n) is 3.97. The van der Waals surface area contributed by atoms with Crippen LogP contribution in [0.3, 0.4) is 0 Å². The number of aromatic nitrogens is 1. The Bertz CT molecular complexity index is 729. The minimum atomic E-state index is 0.685. The topological polar surface area (TPSA) is 41.7 Å². The maximum atomic E-state index is 4.58. The maximum Gasteiger partial charge on any atom is 0.177 e. The molecule has 22 heavy (non-hydrogen) atoms. The Balaban J connectivity index is 1.70. The summed E-state index contributed by atoms with van der Waals surface area (Å²) < 4.78 is 2.20. The van der Waals surface area contributed by atoms with E-state index in [4.69, 9.17) is 0 Å². The molecule has 0 bridgehead atoms. The Kier molecular flexibility index (Phi) is 4.34. The number of aliphatic imine (C=N–C) groups is 1. The summed E-state index contributed by atoms with van der Waals surface area (Å²) in [5.41, 5.74) is 9.11. The molecule has 0 saturated carbocycles. The minimum Gasteiger partial charge on any atom is -0.351 e. The lowest BCUT2D eigenvalue weighted by atomic mass is 10.1. The van der Waals surface area contributed by atoms with Gasteiger partial charge in [0.05, 0.1) is 12.3 Å². The molecule has 2 aromatic rings. The highest BCUT2D eigenvalue weighted by atomic mass is 32.2. The van der Waals surface area contributed by atoms with Gasteiger partial charge in [-0.2, -0.15) is 5.10 Å². The fourth-order valence-corrected chi connectivity index (χ4v) is 3.19. The zero-order chi connectivity index (χ0) is 15.5. The van der Waals surface area contributed by atoms with Crippen molar-refractivity contribution in [1.82, 2.24) is 9.99 Å². The molecule has 0 amide bonds. The number of amidine groups is 1. The van der Waals surface area contributed by atoms with Crippen LogP contribution in [-0.2, 0) is 13.6 Å². The zero-order valence-electron chi connectivity index (χ0n) is 13.1. The summed E-state index contributed by atoms with van der Waals surface area (Å²) in [5, 5.41) is 5.40. The van der Waals surface area contributed by atoms with Crippen LogP contribution >= 0.6 is 11.8 Å². The van der Waals surface area contributed by atoms with Gasteiger partial charge in [0.25, 0.3) is 0 Å². The molecule has 1 aromatic heterocycles. The quantitative estimate of drug-likeness (QED) is 0.945. The second-order valence-electron chi connectivity index (χ2n) is 5.41. The second-order valence-corrected chi connectivity index (χ2v) is 6.37. The molecule has 0 saturated heterocycles. The number of aryl methyl sites for hydroxylation is 1. The number of hydrogen-bond acceptors (Lipinski definition) is 3. The lowest BCUT2D eigenvalue weighted by Crippen LogP contribution is -2.25. The highest BCUT2D eigenvalue weighted by Crippen LogP contribution is 2.19. The van der Waals surface area contributed by atoms with Crippen LogP contribution in [0.5, 0.6) is 0 Å². The Labute approximate surface area is 135 Å². The van der Waals surface area contributed by atoms with E-state index in [2.05, 4.69) is 59.2 Å². The molecule has 114 valence electrons. The average molecular weight is 312 g/mol. The van der Waals surface area contributed by atoms with E-state index in [1.807, 2.05) is 18.2 Å². The first kappa shape index (κ1) is 14.9. The highest BCUT2D eigenvalue weighted by Gasteiger charge is 2.17. The second kappa shape index (κ2) is 6.40. The number of thioether (sulfide) groups is 1. The first-order chi connectivity index (χ1) is 10.6. The smallest absolute Gasteiger partial charge is 0.177 e. The van der Waals surface area contributed by atoms with Crippen LogP contribution in [0.1, 0.15) is 22.5 Å². The molecule has 1 aliphatic rings. The van der Waals surface area contributed by atoms with Gasteiger partial charge < -0.3 is 4.57 Å². The van der Waals surface area contributed by atoms with Crippen molar-refractivity contribution in [3.05, 3.63) is 58.9 Å². The average Bonchev–Trinajstić information content (AvgIpc) is 2.82. The van der Waals surface area contributed by atoms with Crippen molar-refractivity contribution in [3.8, 4) is 0 Å². The van der Waals surface area contributed by atoms with Crippen LogP contribution in [-0.4, -0.2) is 21.2 Å². The molecule has 0 atom stereocenters. The minimum absolute atomic E-state index is 0.685. The molecule has 5 heteroatoms. The molecule has 2 heterocycles. The van der Waals surface area contributed by atoms with Gasteiger partial charge in [-0.05, 0) is 25.5 Å². The van der Waals surface area contributed by atoms with Gasteiger partial charge in [0.15, 0.2) is 5.17 Å². The predicted octanol–water partition coefficient (Wildman–Crippen LogP) is 3.24. The number of hydrazone groups is 1. The van der Waals surface area contributed by atoms with Crippen LogP contribution < -0.4 is 5.43 Å². The van der Waals surface area contributed by atoms with E-state index in [9.17, 15) is 0 Å². The Morgan fingerprint density at radius 1 is 1.27 bits per heavy atom. The van der Waals surface area contributed by atoms with Crippen molar-refractivity contribution in [3.63, 3.8) is 0 Å². The van der Waals surface area contributed by atoms with Gasteiger partial charge in [0.1, 0.15) is 0 Å². The monoisotopic (exact) mass is 312 g/mol. The van der Waals surface area contributed by atoms with Crippen molar-refractivity contribution in [2.45, 2.75) is 20.4 Å². The molecule has 0 spiro atoms. The molecule has 4 nitrogen and oxygen atoms in total. The summed E-state index contributed by atoms with van der Waals surface area (Å²) in [6, 6.07) is 12.5. The third-order valence-corrected chi connectivity index (χ3v) is 4.88. The molecule has 0 radical (unpaired) electrons. The molecule has 0 fully saturated rings. The lowest BCUT2D eigenvalue weighted by molar-refractivity contribution is 0.843. The van der Waals surface area contributed by atoms with E-state index >= 15 is 0 Å². The van der Waals surface area contributed by atoms with Crippen LogP contribution in [0.15, 0.2) is 46.5 Å². The molecular weight excluding hydrogens is 292 g/mol. The van der Waals surface area contributed by atoms with E-state index < -0.39 is 0 Å². The van der Waals surface area contributed by atoms with E-state index in [0.29, 0.717) is 6.54 Å². The van der Waals surface area contributed by atoms with E-state index in [-0.39, 0.29) is 0 Å². The van der Waals surface area contributed by atoms with E-state index in [0.717, 1.165) is 16.6 Å². The van der Waals surface area contributed by atoms with Gasteiger partial charge in [-0.3, -0.25) is 10.4 Å². The first-order valence-corrected chi connectivity index (χ1v) is 8.31. The summed E-state index contributed by atoms with van der Waals surface area (Å²) in [7, 11) is 2.09. The Morgan fingerprint density at radius 3 is 2.64 bits per heavy atom. The summed E-state index contributed by atoms with van der Waals surface area (Å²) in [6.07, 6.45) is 0. The van der Waals surface area contributed by atoms with Crippen molar-refractivity contribution in [2.24, 2.45) is 17.1 Å². The normalized spacial score (nSPS) is 16.5. The van der Waals surface area contributed by atoms with Gasteiger partial charge in [-0.25, -0.2) is 0 Å². The summed E-state index contributed by atoms with van der Waals surface area (Å²) in [4.78, 5) is 4.58. The van der Waals surface area contributed by atoms with Crippen LogP contribution in [0, 0.1) is 13.8 Å². The van der Waals surface area contributed by atoms with Crippen LogP contribution in [0.4, 0.5) is 0 Å². The Morgan fingerprint density at radius 2 is 2.05 bits per heavy atom. The summed E-state index contributed by atoms with van der Waals surface area (Å²) in [6.45, 7) is 4.94. The summed E-state index contributed by atoms with van der Waals surface area (Å²) >= 11 is 1.71. The first-order valence-electron chi connectivity index (χ1n) is 7.32. The number of rotatable bonds is 3. The molecule has 3 rings (SSSR count). The maximum absolute atomic E-state index is 4.58. The number of hydrogen-bond donors (Lipinski definition) is 1. The highest BCUT2D eigenvalue weighted by molar-refractivity contribution is 8.14. The molecule has 0 unspecified atom stereocenters. The fraction of sp³-hybridized carbons (Fsp3) is 0.294. The van der Waals surface area contributed by atoms with Gasteiger partial charge in [-0.15, -0.1) is 0 Å². The molecular formula is C17H20N4S. The number of nitrogens with one attached hydrogen (secondary N) is 1. The molecule has 1 aliphatic heterocycles. The lowest BCUT2D eigenvalue weighted by Gasteiger charge is -2.15. The van der Waals surface area contributed by atoms with E-state index in [1.54, 1.807) is 11.8 Å². The largest absolute Gasteiger partial charge is 0.351 e. The van der Waals surface area contributed by atoms with Crippen molar-refractivity contribution >= 4 is 22.6 Å². The third kappa shape index (κ3) is 3.09. The van der Waals surface area contributed by atoms with Gasteiger partial charge in [0.2, 0.25) is 0 Å². The summed E-state index contributed by atoms with van der Waals surface area (Å²) in [5.74, 6) is 0.852. The molecule has 0 aliphatic carbocycles. The van der Waals surface area contributed by atoms with Crippen LogP contribution in [0.25, 0.3) is 0 Å². The molecule has 1 aromatic carbocycles. The standard InChI is InChI=1S/C17H20N4S/c1-12-9-15(13(2)21(12)3)16-11-22-17(20-19-16)18-10-14-7-5-4-6-8-14/h4-9H,10-11H2,1-3H3,(H,18,20). The Hall–Kier alpha value is -2.01. The van der Waals surface area contributed by atoms with Crippen molar-refractivity contribution < 1.29 is 0 Å². The van der Waals surface area contributed by atoms with E-state index in [1.165, 1.54) is 22.5 Å². The zero-order valence-corrected chi connectivity index (χ0v) is 13.9. The van der Waals surface area contributed by atoms with Gasteiger partial charge in [-0.1, -0.05) is 42.1 Å². The molecule has 1 N–H and O–H groups in total. The fourth-order valence-electron chi connectivity index (χ4n) is 2.43. The van der Waals surface area contributed by atoms with Gasteiger partial charge in [0, 0.05) is 29.8 Å². The van der Waals surface area contributed by atoms with Gasteiger partial charge >= 0.3 is 0 Å². The SMILES string of the molecule is Cc1cc(C2=NNC(=NCc3ccccc3)SC2)c(C)n1C. The van der Waals surface area contributed by atoms with Crippen molar-refractivity contribution in [1.29, 1.82) is 0 Å².